The third-order valence-electron chi connectivity index (χ3n) is 3.11. The number of hydrogen-bond acceptors (Lipinski definition) is 3. The van der Waals surface area contributed by atoms with Crippen molar-refractivity contribution in [3.05, 3.63) is 0 Å². The first-order valence-electron chi connectivity index (χ1n) is 5.96. The van der Waals surface area contributed by atoms with E-state index in [0.29, 0.717) is 17.7 Å². The molecular weight excluding hydrogens is 208 g/mol. The van der Waals surface area contributed by atoms with Gasteiger partial charge in [-0.15, -0.1) is 0 Å². The van der Waals surface area contributed by atoms with E-state index in [4.69, 9.17) is 0 Å². The van der Waals surface area contributed by atoms with E-state index in [2.05, 4.69) is 22.0 Å². The second-order valence-electron chi connectivity index (χ2n) is 4.36. The lowest BCUT2D eigenvalue weighted by atomic mass is 10.2. The van der Waals surface area contributed by atoms with Crippen molar-refractivity contribution in [2.45, 2.75) is 30.9 Å². The van der Waals surface area contributed by atoms with E-state index >= 15 is 0 Å². The standard InChI is InChI=1S/C11H20N2OS/c14-11-8-12-5-3-6-13(11)9-10-4-1-2-7-15-10/h10,12H,1-9H2. The fourth-order valence-corrected chi connectivity index (χ4v) is 3.54. The number of rotatable bonds is 2. The van der Waals surface area contributed by atoms with Crippen molar-refractivity contribution >= 4 is 17.7 Å². The molecule has 0 aliphatic carbocycles. The molecule has 1 N–H and O–H groups in total. The van der Waals surface area contributed by atoms with Crippen LogP contribution in [0.4, 0.5) is 0 Å². The molecule has 0 aromatic heterocycles. The molecule has 1 unspecified atom stereocenters. The number of thioether (sulfide) groups is 1. The van der Waals surface area contributed by atoms with E-state index in [-0.39, 0.29) is 0 Å². The van der Waals surface area contributed by atoms with Crippen LogP contribution in [0.5, 0.6) is 0 Å². The van der Waals surface area contributed by atoms with Crippen molar-refractivity contribution in [2.24, 2.45) is 0 Å². The highest BCUT2D eigenvalue weighted by atomic mass is 32.2. The predicted molar refractivity (Wildman–Crippen MR) is 64.2 cm³/mol. The topological polar surface area (TPSA) is 32.3 Å². The Balaban J connectivity index is 1.82. The van der Waals surface area contributed by atoms with Crippen LogP contribution < -0.4 is 5.32 Å². The zero-order valence-corrected chi connectivity index (χ0v) is 10.0. The Kier molecular flexibility index (Phi) is 4.32. The van der Waals surface area contributed by atoms with Crippen LogP contribution in [-0.4, -0.2) is 48.0 Å². The first-order chi connectivity index (χ1) is 7.36. The maximum atomic E-state index is 11.7. The Labute approximate surface area is 96.0 Å². The second kappa shape index (κ2) is 5.75. The molecule has 2 heterocycles. The molecule has 4 heteroatoms. The van der Waals surface area contributed by atoms with Gasteiger partial charge in [0.05, 0.1) is 6.54 Å². The number of nitrogens with one attached hydrogen (secondary N) is 1. The summed E-state index contributed by atoms with van der Waals surface area (Å²) in [6, 6.07) is 0. The van der Waals surface area contributed by atoms with Gasteiger partial charge in [0.25, 0.3) is 0 Å². The summed E-state index contributed by atoms with van der Waals surface area (Å²) in [4.78, 5) is 13.8. The molecule has 1 amide bonds. The normalized spacial score (nSPS) is 28.9. The molecule has 0 radical (unpaired) electrons. The first kappa shape index (κ1) is 11.3. The van der Waals surface area contributed by atoms with Crippen LogP contribution in [0.15, 0.2) is 0 Å². The molecule has 86 valence electrons. The van der Waals surface area contributed by atoms with Gasteiger partial charge in [-0.1, -0.05) is 6.42 Å². The van der Waals surface area contributed by atoms with Crippen molar-refractivity contribution in [2.75, 3.05) is 31.9 Å². The monoisotopic (exact) mass is 228 g/mol. The molecule has 2 saturated heterocycles. The summed E-state index contributed by atoms with van der Waals surface area (Å²) >= 11 is 2.05. The van der Waals surface area contributed by atoms with Gasteiger partial charge in [-0.25, -0.2) is 0 Å². The Morgan fingerprint density at radius 3 is 3.13 bits per heavy atom. The average molecular weight is 228 g/mol. The van der Waals surface area contributed by atoms with Crippen LogP contribution >= 0.6 is 11.8 Å². The summed E-state index contributed by atoms with van der Waals surface area (Å²) in [5, 5.41) is 3.86. The summed E-state index contributed by atoms with van der Waals surface area (Å²) in [5.74, 6) is 1.57. The third kappa shape index (κ3) is 3.38. The van der Waals surface area contributed by atoms with Gasteiger partial charge < -0.3 is 10.2 Å². The van der Waals surface area contributed by atoms with Gasteiger partial charge in [-0.05, 0) is 31.6 Å². The number of carbonyl (C=O) groups excluding carboxylic acids is 1. The maximum Gasteiger partial charge on any atom is 0.236 e. The van der Waals surface area contributed by atoms with Crippen LogP contribution in [0.25, 0.3) is 0 Å². The molecule has 2 aliphatic rings. The minimum Gasteiger partial charge on any atom is -0.340 e. The summed E-state index contributed by atoms with van der Waals surface area (Å²) in [6.07, 6.45) is 5.10. The lowest BCUT2D eigenvalue weighted by Gasteiger charge is -2.28. The SMILES string of the molecule is O=C1CNCCCN1CC1CCCCS1. The Morgan fingerprint density at radius 2 is 2.33 bits per heavy atom. The first-order valence-corrected chi connectivity index (χ1v) is 7.01. The number of carbonyl (C=O) groups is 1. The molecule has 0 aromatic carbocycles. The van der Waals surface area contributed by atoms with Crippen molar-refractivity contribution in [3.63, 3.8) is 0 Å². The molecule has 0 saturated carbocycles. The number of amides is 1. The van der Waals surface area contributed by atoms with Gasteiger partial charge >= 0.3 is 0 Å². The van der Waals surface area contributed by atoms with E-state index in [9.17, 15) is 4.79 Å². The molecule has 3 nitrogen and oxygen atoms in total. The van der Waals surface area contributed by atoms with Gasteiger partial charge in [0.15, 0.2) is 0 Å². The minimum atomic E-state index is 0.290. The largest absolute Gasteiger partial charge is 0.340 e. The highest BCUT2D eigenvalue weighted by molar-refractivity contribution is 7.99. The molecule has 0 spiro atoms. The van der Waals surface area contributed by atoms with Crippen LogP contribution in [0, 0.1) is 0 Å². The molecular formula is C11H20N2OS. The lowest BCUT2D eigenvalue weighted by Crippen LogP contribution is -2.39. The van der Waals surface area contributed by atoms with Crippen LogP contribution in [0.1, 0.15) is 25.7 Å². The fourth-order valence-electron chi connectivity index (χ4n) is 2.22. The van der Waals surface area contributed by atoms with E-state index < -0.39 is 0 Å². The Morgan fingerprint density at radius 1 is 1.40 bits per heavy atom. The molecule has 15 heavy (non-hydrogen) atoms. The molecule has 2 fully saturated rings. The molecule has 2 aliphatic heterocycles. The second-order valence-corrected chi connectivity index (χ2v) is 5.77. The lowest BCUT2D eigenvalue weighted by molar-refractivity contribution is -0.129. The quantitative estimate of drug-likeness (QED) is 0.768. The fraction of sp³-hybridized carbons (Fsp3) is 0.909. The van der Waals surface area contributed by atoms with Crippen LogP contribution in [0.3, 0.4) is 0 Å². The van der Waals surface area contributed by atoms with Crippen molar-refractivity contribution < 1.29 is 4.79 Å². The van der Waals surface area contributed by atoms with E-state index in [1.165, 1.54) is 25.0 Å². The van der Waals surface area contributed by atoms with Crippen molar-refractivity contribution in [1.82, 2.24) is 10.2 Å². The summed E-state index contributed by atoms with van der Waals surface area (Å²) in [6.45, 7) is 3.45. The molecule has 1 atom stereocenters. The molecule has 0 bridgehead atoms. The summed E-state index contributed by atoms with van der Waals surface area (Å²) in [5.41, 5.74) is 0. The smallest absolute Gasteiger partial charge is 0.236 e. The zero-order chi connectivity index (χ0) is 10.5. The Bertz CT molecular complexity index is 217. The van der Waals surface area contributed by atoms with Crippen LogP contribution in [-0.2, 0) is 4.79 Å². The van der Waals surface area contributed by atoms with Gasteiger partial charge in [0.1, 0.15) is 0 Å². The van der Waals surface area contributed by atoms with E-state index in [1.54, 1.807) is 0 Å². The third-order valence-corrected chi connectivity index (χ3v) is 4.49. The van der Waals surface area contributed by atoms with Gasteiger partial charge in [-0.3, -0.25) is 4.79 Å². The molecule has 0 aromatic rings. The van der Waals surface area contributed by atoms with Gasteiger partial charge in [0.2, 0.25) is 5.91 Å². The average Bonchev–Trinajstić information content (AvgIpc) is 2.46. The highest BCUT2D eigenvalue weighted by Gasteiger charge is 2.21. The predicted octanol–water partition coefficient (Wildman–Crippen LogP) is 1.09. The van der Waals surface area contributed by atoms with Crippen molar-refractivity contribution in [3.8, 4) is 0 Å². The summed E-state index contributed by atoms with van der Waals surface area (Å²) in [7, 11) is 0. The van der Waals surface area contributed by atoms with E-state index in [0.717, 1.165) is 26.1 Å². The number of hydrogen-bond donors (Lipinski definition) is 1. The highest BCUT2D eigenvalue weighted by Crippen LogP contribution is 2.25. The molecule has 2 rings (SSSR count). The van der Waals surface area contributed by atoms with Crippen LogP contribution in [0.2, 0.25) is 0 Å². The number of nitrogens with zero attached hydrogens (tertiary/aromatic N) is 1. The van der Waals surface area contributed by atoms with Gasteiger partial charge in [-0.2, -0.15) is 11.8 Å². The summed E-state index contributed by atoms with van der Waals surface area (Å²) < 4.78 is 0. The van der Waals surface area contributed by atoms with Crippen molar-refractivity contribution in [1.29, 1.82) is 0 Å². The van der Waals surface area contributed by atoms with Gasteiger partial charge in [0, 0.05) is 18.3 Å². The minimum absolute atomic E-state index is 0.290. The Hall–Kier alpha value is -0.220. The van der Waals surface area contributed by atoms with E-state index in [1.807, 2.05) is 0 Å². The zero-order valence-electron chi connectivity index (χ0n) is 9.21. The maximum absolute atomic E-state index is 11.7.